The number of piperidine rings is 1. The van der Waals surface area contributed by atoms with Crippen LogP contribution in [-0.4, -0.2) is 40.0 Å². The predicted molar refractivity (Wildman–Crippen MR) is 101 cm³/mol. The molecule has 0 saturated carbocycles. The summed E-state index contributed by atoms with van der Waals surface area (Å²) in [6.45, 7) is 5.84. The van der Waals surface area contributed by atoms with Crippen LogP contribution in [0, 0.1) is 5.92 Å². The number of amides is 1. The number of carbonyl (C=O) groups is 1. The maximum Gasteiger partial charge on any atom is 0.240 e. The molecule has 0 radical (unpaired) electrons. The van der Waals surface area contributed by atoms with Gasteiger partial charge in [0.25, 0.3) is 0 Å². The molecule has 0 spiro atoms. The first kappa shape index (κ1) is 20.2. The number of hydrogen-bond acceptors (Lipinski definition) is 4. The van der Waals surface area contributed by atoms with E-state index in [4.69, 9.17) is 0 Å². The minimum Gasteiger partial charge on any atom is -0.316 e. The van der Waals surface area contributed by atoms with Gasteiger partial charge in [0.2, 0.25) is 15.9 Å². The Bertz CT molecular complexity index is 739. The number of aryl methyl sites for hydroxylation is 1. The molecule has 6 nitrogen and oxygen atoms in total. The zero-order valence-electron chi connectivity index (χ0n) is 14.6. The number of benzene rings is 1. The molecule has 140 valence electrons. The summed E-state index contributed by atoms with van der Waals surface area (Å²) in [5.41, 5.74) is 1.76. The van der Waals surface area contributed by atoms with Crippen molar-refractivity contribution in [3.63, 3.8) is 0 Å². The molecule has 8 heteroatoms. The Morgan fingerprint density at radius 1 is 1.36 bits per heavy atom. The van der Waals surface area contributed by atoms with E-state index in [2.05, 4.69) is 10.0 Å². The van der Waals surface area contributed by atoms with Crippen molar-refractivity contribution in [2.24, 2.45) is 5.92 Å². The molecule has 2 aliphatic rings. The van der Waals surface area contributed by atoms with E-state index in [1.807, 2.05) is 13.0 Å². The van der Waals surface area contributed by atoms with Gasteiger partial charge in [-0.3, -0.25) is 4.79 Å². The highest BCUT2D eigenvalue weighted by Gasteiger charge is 2.28. The van der Waals surface area contributed by atoms with Crippen LogP contribution in [0.2, 0.25) is 0 Å². The summed E-state index contributed by atoms with van der Waals surface area (Å²) in [5.74, 6) is 0.199. The molecule has 2 heterocycles. The fourth-order valence-electron chi connectivity index (χ4n) is 3.51. The fraction of sp³-hybridized carbons (Fsp3) is 0.588. The van der Waals surface area contributed by atoms with Crippen LogP contribution in [0.5, 0.6) is 0 Å². The molecule has 25 heavy (non-hydrogen) atoms. The molecule has 1 aromatic rings. The molecule has 0 bridgehead atoms. The number of nitrogens with one attached hydrogen (secondary N) is 2. The molecule has 0 aliphatic carbocycles. The summed E-state index contributed by atoms with van der Waals surface area (Å²) in [6, 6.07) is 5.07. The second kappa shape index (κ2) is 8.03. The summed E-state index contributed by atoms with van der Waals surface area (Å²) >= 11 is 0. The van der Waals surface area contributed by atoms with Gasteiger partial charge in [-0.05, 0) is 56.0 Å². The lowest BCUT2D eigenvalue weighted by molar-refractivity contribution is -0.116. The molecular formula is C17H26ClN3O3S. The Morgan fingerprint density at radius 2 is 2.12 bits per heavy atom. The molecule has 1 fully saturated rings. The summed E-state index contributed by atoms with van der Waals surface area (Å²) in [7, 11) is -3.59. The van der Waals surface area contributed by atoms with Crippen molar-refractivity contribution in [2.45, 2.75) is 44.0 Å². The number of sulfonamides is 1. The Kier molecular flexibility index (Phi) is 6.48. The lowest BCUT2D eigenvalue weighted by Crippen LogP contribution is -2.48. The largest absolute Gasteiger partial charge is 0.316 e. The van der Waals surface area contributed by atoms with Crippen LogP contribution in [0.4, 0.5) is 5.69 Å². The number of anilines is 1. The topological polar surface area (TPSA) is 78.5 Å². The maximum atomic E-state index is 12.8. The number of nitrogens with zero attached hydrogens (tertiary/aromatic N) is 1. The van der Waals surface area contributed by atoms with Gasteiger partial charge >= 0.3 is 0 Å². The highest BCUT2D eigenvalue weighted by molar-refractivity contribution is 7.89. The normalized spacial score (nSPS) is 23.5. The fourth-order valence-corrected chi connectivity index (χ4v) is 4.90. The number of halogens is 1. The molecule has 1 amide bonds. The van der Waals surface area contributed by atoms with Crippen LogP contribution >= 0.6 is 12.4 Å². The zero-order chi connectivity index (χ0) is 17.3. The van der Waals surface area contributed by atoms with E-state index in [0.717, 1.165) is 43.6 Å². The van der Waals surface area contributed by atoms with Crippen LogP contribution < -0.4 is 14.9 Å². The Balaban J connectivity index is 0.00000225. The third-order valence-electron chi connectivity index (χ3n) is 4.96. The number of fused-ring (bicyclic) bond motifs is 1. The van der Waals surface area contributed by atoms with Gasteiger partial charge in [-0.2, -0.15) is 0 Å². The maximum absolute atomic E-state index is 12.8. The first-order valence-corrected chi connectivity index (χ1v) is 10.0. The standard InChI is InChI=1S/C17H25N3O3S.ClH/c1-12-11-18-8-7-16(12)19-24(22,23)15-6-5-14-4-3-9-20(13(2)21)17(14)10-15;/h5-6,10,12,16,18-19H,3-4,7-9,11H2,1-2H3;1H. The third-order valence-corrected chi connectivity index (χ3v) is 6.45. The summed E-state index contributed by atoms with van der Waals surface area (Å²) < 4.78 is 28.4. The van der Waals surface area contributed by atoms with Crippen molar-refractivity contribution >= 4 is 34.0 Å². The van der Waals surface area contributed by atoms with Gasteiger partial charge in [0.1, 0.15) is 0 Å². The van der Waals surface area contributed by atoms with Crippen molar-refractivity contribution < 1.29 is 13.2 Å². The molecule has 1 saturated heterocycles. The van der Waals surface area contributed by atoms with Gasteiger partial charge in [0, 0.05) is 25.2 Å². The van der Waals surface area contributed by atoms with Crippen LogP contribution in [0.15, 0.2) is 23.1 Å². The average molecular weight is 388 g/mol. The van der Waals surface area contributed by atoms with Crippen molar-refractivity contribution in [3.05, 3.63) is 23.8 Å². The van der Waals surface area contributed by atoms with E-state index in [1.54, 1.807) is 17.0 Å². The van der Waals surface area contributed by atoms with E-state index in [-0.39, 0.29) is 35.2 Å². The SMILES string of the molecule is CC(=O)N1CCCc2ccc(S(=O)(=O)NC3CCNCC3C)cc21.Cl. The molecule has 2 atom stereocenters. The first-order valence-electron chi connectivity index (χ1n) is 8.52. The van der Waals surface area contributed by atoms with Crippen LogP contribution in [0.25, 0.3) is 0 Å². The lowest BCUT2D eigenvalue weighted by atomic mass is 9.97. The summed E-state index contributed by atoms with van der Waals surface area (Å²) in [5, 5.41) is 3.27. The van der Waals surface area contributed by atoms with Crippen molar-refractivity contribution in [1.29, 1.82) is 0 Å². The first-order chi connectivity index (χ1) is 11.4. The molecule has 2 unspecified atom stereocenters. The third kappa shape index (κ3) is 4.34. The summed E-state index contributed by atoms with van der Waals surface area (Å²) in [4.78, 5) is 13.7. The molecular weight excluding hydrogens is 362 g/mol. The van der Waals surface area contributed by atoms with Gasteiger partial charge in [-0.15, -0.1) is 12.4 Å². The Labute approximate surface area is 155 Å². The van der Waals surface area contributed by atoms with Gasteiger partial charge in [-0.25, -0.2) is 13.1 Å². The van der Waals surface area contributed by atoms with Crippen LogP contribution in [0.3, 0.4) is 0 Å². The van der Waals surface area contributed by atoms with Gasteiger partial charge in [0.05, 0.1) is 4.90 Å². The summed E-state index contributed by atoms with van der Waals surface area (Å²) in [6.07, 6.45) is 2.56. The number of rotatable bonds is 3. The molecule has 2 N–H and O–H groups in total. The minimum atomic E-state index is -3.59. The highest BCUT2D eigenvalue weighted by Crippen LogP contribution is 2.30. The zero-order valence-corrected chi connectivity index (χ0v) is 16.3. The quantitative estimate of drug-likeness (QED) is 0.827. The second-order valence-electron chi connectivity index (χ2n) is 6.76. The van der Waals surface area contributed by atoms with Crippen LogP contribution in [-0.2, 0) is 21.2 Å². The van der Waals surface area contributed by atoms with Crippen molar-refractivity contribution in [3.8, 4) is 0 Å². The van der Waals surface area contributed by atoms with Gasteiger partial charge in [0.15, 0.2) is 0 Å². The molecule has 1 aromatic carbocycles. The average Bonchev–Trinajstić information content (AvgIpc) is 2.55. The molecule has 3 rings (SSSR count). The monoisotopic (exact) mass is 387 g/mol. The highest BCUT2D eigenvalue weighted by atomic mass is 35.5. The minimum absolute atomic E-state index is 0. The molecule has 2 aliphatic heterocycles. The van der Waals surface area contributed by atoms with Gasteiger partial charge < -0.3 is 10.2 Å². The number of carbonyl (C=O) groups excluding carboxylic acids is 1. The van der Waals surface area contributed by atoms with Crippen molar-refractivity contribution in [2.75, 3.05) is 24.5 Å². The van der Waals surface area contributed by atoms with Crippen LogP contribution in [0.1, 0.15) is 32.3 Å². The smallest absolute Gasteiger partial charge is 0.240 e. The van der Waals surface area contributed by atoms with E-state index in [9.17, 15) is 13.2 Å². The van der Waals surface area contributed by atoms with Gasteiger partial charge in [-0.1, -0.05) is 13.0 Å². The van der Waals surface area contributed by atoms with E-state index < -0.39 is 10.0 Å². The lowest BCUT2D eigenvalue weighted by Gasteiger charge is -2.31. The predicted octanol–water partition coefficient (Wildman–Crippen LogP) is 1.68. The number of hydrogen-bond donors (Lipinski definition) is 2. The van der Waals surface area contributed by atoms with E-state index in [1.165, 1.54) is 6.92 Å². The van der Waals surface area contributed by atoms with E-state index >= 15 is 0 Å². The Morgan fingerprint density at radius 3 is 2.80 bits per heavy atom. The second-order valence-corrected chi connectivity index (χ2v) is 8.48. The van der Waals surface area contributed by atoms with E-state index in [0.29, 0.717) is 6.54 Å². The van der Waals surface area contributed by atoms with Crippen molar-refractivity contribution in [1.82, 2.24) is 10.0 Å². The Hall–Kier alpha value is -1.15. The molecule has 0 aromatic heterocycles.